The van der Waals surface area contributed by atoms with Crippen LogP contribution >= 0.6 is 12.4 Å². The smallest absolute Gasteiger partial charge is 0.271 e. The van der Waals surface area contributed by atoms with E-state index in [1.807, 2.05) is 7.05 Å². The van der Waals surface area contributed by atoms with Crippen molar-refractivity contribution >= 4 is 18.3 Å². The molecule has 0 aliphatic heterocycles. The van der Waals surface area contributed by atoms with Gasteiger partial charge in [0.05, 0.1) is 6.33 Å². The van der Waals surface area contributed by atoms with Crippen LogP contribution in [0.25, 0.3) is 0 Å². The predicted octanol–water partition coefficient (Wildman–Crippen LogP) is 0.309. The zero-order valence-electron chi connectivity index (χ0n) is 9.22. The zero-order valence-corrected chi connectivity index (χ0v) is 10.0. The highest BCUT2D eigenvalue weighted by Crippen LogP contribution is 2.31. The van der Waals surface area contributed by atoms with Gasteiger partial charge in [0.2, 0.25) is 0 Å². The van der Waals surface area contributed by atoms with Gasteiger partial charge in [0, 0.05) is 25.8 Å². The van der Waals surface area contributed by atoms with E-state index in [9.17, 15) is 4.79 Å². The van der Waals surface area contributed by atoms with Crippen LogP contribution in [0.1, 0.15) is 23.3 Å². The molecule has 1 atom stereocenters. The first kappa shape index (κ1) is 13.0. The third kappa shape index (κ3) is 3.21. The molecule has 6 heteroatoms. The van der Waals surface area contributed by atoms with Crippen LogP contribution in [0.2, 0.25) is 0 Å². The molecule has 1 aliphatic rings. The number of hydrogen-bond acceptors (Lipinski definition) is 3. The molecule has 0 radical (unpaired) electrons. The van der Waals surface area contributed by atoms with Crippen molar-refractivity contribution in [3.8, 4) is 0 Å². The monoisotopic (exact) mass is 244 g/mol. The lowest BCUT2D eigenvalue weighted by molar-refractivity contribution is 0.0945. The van der Waals surface area contributed by atoms with E-state index in [4.69, 9.17) is 5.73 Å². The van der Waals surface area contributed by atoms with Gasteiger partial charge in [0.1, 0.15) is 5.69 Å². The van der Waals surface area contributed by atoms with Crippen LogP contribution in [-0.2, 0) is 7.05 Å². The highest BCUT2D eigenvalue weighted by atomic mass is 35.5. The molecule has 1 amide bonds. The molecular formula is C10H17ClN4O. The first-order valence-corrected chi connectivity index (χ1v) is 5.18. The summed E-state index contributed by atoms with van der Waals surface area (Å²) in [4.78, 5) is 15.5. The third-order valence-electron chi connectivity index (χ3n) is 2.66. The van der Waals surface area contributed by atoms with Crippen molar-refractivity contribution in [2.24, 2.45) is 18.7 Å². The summed E-state index contributed by atoms with van der Waals surface area (Å²) < 4.78 is 1.75. The maximum Gasteiger partial charge on any atom is 0.271 e. The quantitative estimate of drug-likeness (QED) is 0.801. The van der Waals surface area contributed by atoms with Crippen LogP contribution in [0, 0.1) is 5.92 Å². The van der Waals surface area contributed by atoms with Crippen molar-refractivity contribution in [3.05, 3.63) is 18.2 Å². The number of aryl methyl sites for hydroxylation is 1. The molecule has 2 rings (SSSR count). The predicted molar refractivity (Wildman–Crippen MR) is 63.5 cm³/mol. The summed E-state index contributed by atoms with van der Waals surface area (Å²) in [5, 5.41) is 2.79. The maximum atomic E-state index is 11.6. The Morgan fingerprint density at radius 3 is 2.94 bits per heavy atom. The molecule has 0 saturated heterocycles. The standard InChI is InChI=1S/C10H16N4O.ClH/c1-14-5-9(13-6-14)10(15)12-4-8(11)7-2-3-7;/h5-8H,2-4,11H2,1H3,(H,12,15);1H. The maximum absolute atomic E-state index is 11.6. The minimum atomic E-state index is -0.147. The number of halogens is 1. The Morgan fingerprint density at radius 2 is 2.44 bits per heavy atom. The van der Waals surface area contributed by atoms with Crippen molar-refractivity contribution in [1.29, 1.82) is 0 Å². The van der Waals surface area contributed by atoms with Gasteiger partial charge in [-0.25, -0.2) is 4.98 Å². The first-order chi connectivity index (χ1) is 7.16. The zero-order chi connectivity index (χ0) is 10.8. The van der Waals surface area contributed by atoms with E-state index in [0.29, 0.717) is 18.2 Å². The fourth-order valence-electron chi connectivity index (χ4n) is 1.52. The third-order valence-corrected chi connectivity index (χ3v) is 2.66. The van der Waals surface area contributed by atoms with Gasteiger partial charge >= 0.3 is 0 Å². The van der Waals surface area contributed by atoms with Crippen LogP contribution in [0.15, 0.2) is 12.5 Å². The van der Waals surface area contributed by atoms with Crippen LogP contribution in [0.3, 0.4) is 0 Å². The van der Waals surface area contributed by atoms with Crippen LogP contribution in [0.4, 0.5) is 0 Å². The van der Waals surface area contributed by atoms with Gasteiger partial charge < -0.3 is 15.6 Å². The van der Waals surface area contributed by atoms with E-state index in [1.165, 1.54) is 12.8 Å². The minimum absolute atomic E-state index is 0. The molecule has 1 aromatic heterocycles. The van der Waals surface area contributed by atoms with Gasteiger partial charge in [-0.3, -0.25) is 4.79 Å². The number of nitrogens with one attached hydrogen (secondary N) is 1. The molecule has 0 bridgehead atoms. The number of carbonyl (C=O) groups is 1. The van der Waals surface area contributed by atoms with Crippen LogP contribution in [0.5, 0.6) is 0 Å². The van der Waals surface area contributed by atoms with Crippen molar-refractivity contribution in [1.82, 2.24) is 14.9 Å². The van der Waals surface area contributed by atoms with Gasteiger partial charge in [-0.2, -0.15) is 0 Å². The molecule has 1 heterocycles. The van der Waals surface area contributed by atoms with Crippen molar-refractivity contribution in [2.75, 3.05) is 6.54 Å². The molecule has 1 saturated carbocycles. The Balaban J connectivity index is 0.00000128. The second-order valence-electron chi connectivity index (χ2n) is 4.14. The highest BCUT2D eigenvalue weighted by molar-refractivity contribution is 5.92. The van der Waals surface area contributed by atoms with E-state index >= 15 is 0 Å². The normalized spacial score (nSPS) is 16.4. The van der Waals surface area contributed by atoms with Gasteiger partial charge in [-0.05, 0) is 18.8 Å². The number of hydrogen-bond donors (Lipinski definition) is 2. The second-order valence-corrected chi connectivity index (χ2v) is 4.14. The molecule has 1 aliphatic carbocycles. The van der Waals surface area contributed by atoms with E-state index in [-0.39, 0.29) is 24.4 Å². The van der Waals surface area contributed by atoms with Gasteiger partial charge in [-0.15, -0.1) is 12.4 Å². The summed E-state index contributed by atoms with van der Waals surface area (Å²) in [6, 6.07) is 0.0951. The van der Waals surface area contributed by atoms with Crippen molar-refractivity contribution in [3.63, 3.8) is 0 Å². The van der Waals surface area contributed by atoms with Crippen LogP contribution in [-0.4, -0.2) is 28.0 Å². The summed E-state index contributed by atoms with van der Waals surface area (Å²) in [5.41, 5.74) is 6.32. The Bertz CT molecular complexity index is 361. The number of rotatable bonds is 4. The van der Waals surface area contributed by atoms with E-state index in [0.717, 1.165) is 0 Å². The largest absolute Gasteiger partial charge is 0.349 e. The molecule has 3 N–H and O–H groups in total. The molecule has 90 valence electrons. The van der Waals surface area contributed by atoms with Crippen LogP contribution < -0.4 is 11.1 Å². The summed E-state index contributed by atoms with van der Waals surface area (Å²) in [6.45, 7) is 0.542. The summed E-state index contributed by atoms with van der Waals surface area (Å²) in [7, 11) is 1.83. The number of nitrogens with two attached hydrogens (primary N) is 1. The molecular weight excluding hydrogens is 228 g/mol. The summed E-state index contributed by atoms with van der Waals surface area (Å²) >= 11 is 0. The Morgan fingerprint density at radius 1 is 1.75 bits per heavy atom. The number of amides is 1. The van der Waals surface area contributed by atoms with Crippen molar-refractivity contribution < 1.29 is 4.79 Å². The number of carbonyl (C=O) groups excluding carboxylic acids is 1. The molecule has 0 spiro atoms. The average molecular weight is 245 g/mol. The second kappa shape index (κ2) is 5.32. The Labute approximate surface area is 101 Å². The van der Waals surface area contributed by atoms with Crippen molar-refractivity contribution in [2.45, 2.75) is 18.9 Å². The van der Waals surface area contributed by atoms with E-state index in [2.05, 4.69) is 10.3 Å². The number of nitrogens with zero attached hydrogens (tertiary/aromatic N) is 2. The lowest BCUT2D eigenvalue weighted by Crippen LogP contribution is -2.38. The molecule has 1 aromatic rings. The number of aromatic nitrogens is 2. The van der Waals surface area contributed by atoms with E-state index < -0.39 is 0 Å². The molecule has 0 aromatic carbocycles. The molecule has 5 nitrogen and oxygen atoms in total. The first-order valence-electron chi connectivity index (χ1n) is 5.18. The lowest BCUT2D eigenvalue weighted by Gasteiger charge is -2.10. The fraction of sp³-hybridized carbons (Fsp3) is 0.600. The topological polar surface area (TPSA) is 72.9 Å². The van der Waals surface area contributed by atoms with Gasteiger partial charge in [-0.1, -0.05) is 0 Å². The number of imidazole rings is 1. The SMILES string of the molecule is Cl.Cn1cnc(C(=O)NCC(N)C2CC2)c1. The highest BCUT2D eigenvalue weighted by Gasteiger charge is 2.28. The Kier molecular flexibility index (Phi) is 4.32. The van der Waals surface area contributed by atoms with Gasteiger partial charge in [0.15, 0.2) is 0 Å². The Hall–Kier alpha value is -1.07. The molecule has 1 fully saturated rings. The fourth-order valence-corrected chi connectivity index (χ4v) is 1.52. The average Bonchev–Trinajstić information content (AvgIpc) is 2.97. The summed E-state index contributed by atoms with van der Waals surface area (Å²) in [5.74, 6) is 0.459. The molecule has 1 unspecified atom stereocenters. The van der Waals surface area contributed by atoms with Gasteiger partial charge in [0.25, 0.3) is 5.91 Å². The summed E-state index contributed by atoms with van der Waals surface area (Å²) in [6.07, 6.45) is 5.69. The minimum Gasteiger partial charge on any atom is -0.349 e. The molecule has 16 heavy (non-hydrogen) atoms. The lowest BCUT2D eigenvalue weighted by atomic mass is 10.2. The van der Waals surface area contributed by atoms with E-state index in [1.54, 1.807) is 17.1 Å².